The van der Waals surface area contributed by atoms with Crippen LogP contribution in [0, 0.1) is 6.92 Å². The first-order valence-corrected chi connectivity index (χ1v) is 9.07. The highest BCUT2D eigenvalue weighted by Crippen LogP contribution is 2.38. The van der Waals surface area contributed by atoms with Crippen LogP contribution in [0.1, 0.15) is 48.0 Å². The summed E-state index contributed by atoms with van der Waals surface area (Å²) in [7, 11) is 1.61. The molecule has 1 amide bonds. The van der Waals surface area contributed by atoms with Crippen LogP contribution < -0.4 is 5.32 Å². The topological polar surface area (TPSA) is 60.3 Å². The first-order chi connectivity index (χ1) is 11.1. The molecule has 124 valence electrons. The van der Waals surface area contributed by atoms with E-state index in [0.717, 1.165) is 42.0 Å². The molecule has 0 spiro atoms. The van der Waals surface area contributed by atoms with E-state index < -0.39 is 0 Å². The molecule has 1 aromatic rings. The number of amides is 1. The molecular formula is C17H22N2O3S. The van der Waals surface area contributed by atoms with Gasteiger partial charge in [0.05, 0.1) is 10.6 Å². The zero-order valence-electron chi connectivity index (χ0n) is 13.6. The van der Waals surface area contributed by atoms with Crippen LogP contribution >= 0.6 is 11.8 Å². The van der Waals surface area contributed by atoms with Crippen LogP contribution in [0.5, 0.6) is 0 Å². The van der Waals surface area contributed by atoms with Gasteiger partial charge in [0.15, 0.2) is 0 Å². The van der Waals surface area contributed by atoms with Crippen LogP contribution in [0.25, 0.3) is 5.70 Å². The molecule has 1 aliphatic carbocycles. The molecule has 0 aromatic carbocycles. The Morgan fingerprint density at radius 2 is 2.09 bits per heavy atom. The minimum Gasteiger partial charge on any atom is -0.459 e. The van der Waals surface area contributed by atoms with E-state index >= 15 is 0 Å². The SMILES string of the molecule is CNC(=O)/C=C1\CSc2c(C(=O)OC3CCCCC3)c(C)cn21. The lowest BCUT2D eigenvalue weighted by Gasteiger charge is -2.21. The third-order valence-electron chi connectivity index (χ3n) is 4.39. The number of rotatable bonds is 3. The number of ether oxygens (including phenoxy) is 1. The van der Waals surface area contributed by atoms with Crippen molar-refractivity contribution < 1.29 is 14.3 Å². The number of thioether (sulfide) groups is 1. The molecule has 2 heterocycles. The number of carbonyl (C=O) groups is 2. The summed E-state index contributed by atoms with van der Waals surface area (Å²) in [5.41, 5.74) is 2.45. The second-order valence-corrected chi connectivity index (χ2v) is 7.03. The van der Waals surface area contributed by atoms with E-state index in [4.69, 9.17) is 4.74 Å². The van der Waals surface area contributed by atoms with Crippen LogP contribution in [0.15, 0.2) is 17.3 Å². The number of likely N-dealkylation sites (N-methyl/N-ethyl adjacent to an activating group) is 1. The summed E-state index contributed by atoms with van der Waals surface area (Å²) in [5, 5.41) is 3.48. The van der Waals surface area contributed by atoms with Crippen LogP contribution in [0.4, 0.5) is 0 Å². The number of esters is 1. The van der Waals surface area contributed by atoms with Gasteiger partial charge >= 0.3 is 5.97 Å². The summed E-state index contributed by atoms with van der Waals surface area (Å²) in [5.74, 6) is 0.329. The molecule has 1 saturated carbocycles. The second kappa shape index (κ2) is 6.83. The van der Waals surface area contributed by atoms with Crippen LogP contribution in [-0.2, 0) is 9.53 Å². The number of nitrogens with one attached hydrogen (secondary N) is 1. The highest BCUT2D eigenvalue weighted by molar-refractivity contribution is 8.00. The predicted molar refractivity (Wildman–Crippen MR) is 90.5 cm³/mol. The van der Waals surface area contributed by atoms with Crippen molar-refractivity contribution in [1.82, 2.24) is 9.88 Å². The van der Waals surface area contributed by atoms with Gasteiger partial charge in [-0.25, -0.2) is 4.79 Å². The first-order valence-electron chi connectivity index (χ1n) is 8.08. The zero-order valence-corrected chi connectivity index (χ0v) is 14.4. The van der Waals surface area contributed by atoms with Gasteiger partial charge in [-0.05, 0) is 38.2 Å². The Kier molecular flexibility index (Phi) is 4.80. The maximum absolute atomic E-state index is 12.6. The minimum absolute atomic E-state index is 0.0542. The van der Waals surface area contributed by atoms with E-state index in [1.165, 1.54) is 6.42 Å². The van der Waals surface area contributed by atoms with Gasteiger partial charge in [-0.2, -0.15) is 0 Å². The fourth-order valence-electron chi connectivity index (χ4n) is 3.15. The molecule has 2 aliphatic rings. The normalized spacial score (nSPS) is 19.7. The Morgan fingerprint density at radius 3 is 2.78 bits per heavy atom. The molecule has 0 saturated heterocycles. The second-order valence-electron chi connectivity index (χ2n) is 6.07. The van der Waals surface area contributed by atoms with Crippen LogP contribution in [-0.4, -0.2) is 35.3 Å². The van der Waals surface area contributed by atoms with Gasteiger partial charge in [-0.15, -0.1) is 11.8 Å². The zero-order chi connectivity index (χ0) is 16.4. The predicted octanol–water partition coefficient (Wildman–Crippen LogP) is 2.98. The summed E-state index contributed by atoms with van der Waals surface area (Å²) < 4.78 is 7.65. The summed E-state index contributed by atoms with van der Waals surface area (Å²) in [6, 6.07) is 0. The highest BCUT2D eigenvalue weighted by atomic mass is 32.2. The van der Waals surface area contributed by atoms with Crippen molar-refractivity contribution in [3.63, 3.8) is 0 Å². The lowest BCUT2D eigenvalue weighted by atomic mass is 9.98. The molecule has 5 nitrogen and oxygen atoms in total. The van der Waals surface area contributed by atoms with Crippen molar-refractivity contribution >= 4 is 29.3 Å². The average molecular weight is 334 g/mol. The monoisotopic (exact) mass is 334 g/mol. The summed E-state index contributed by atoms with van der Waals surface area (Å²) in [4.78, 5) is 24.2. The minimum atomic E-state index is -0.225. The largest absolute Gasteiger partial charge is 0.459 e. The van der Waals surface area contributed by atoms with Crippen LogP contribution in [0.3, 0.4) is 0 Å². The van der Waals surface area contributed by atoms with Gasteiger partial charge < -0.3 is 14.6 Å². The van der Waals surface area contributed by atoms with Gasteiger partial charge in [0.1, 0.15) is 6.10 Å². The standard InChI is InChI=1S/C17H22N2O3S/c1-11-9-19-12(8-14(20)18-2)10-23-16(19)15(11)17(21)22-13-6-4-3-5-7-13/h8-9,13H,3-7,10H2,1-2H3,(H,18,20)/b12-8+. The summed E-state index contributed by atoms with van der Waals surface area (Å²) in [6.45, 7) is 1.92. The fraction of sp³-hybridized carbons (Fsp3) is 0.529. The van der Waals surface area contributed by atoms with Crippen molar-refractivity contribution in [2.75, 3.05) is 12.8 Å². The van der Waals surface area contributed by atoms with E-state index in [1.807, 2.05) is 17.7 Å². The van der Waals surface area contributed by atoms with Crippen LogP contribution in [0.2, 0.25) is 0 Å². The molecule has 1 fully saturated rings. The molecule has 0 bridgehead atoms. The molecule has 0 radical (unpaired) electrons. The van der Waals surface area contributed by atoms with Crippen molar-refractivity contribution in [2.24, 2.45) is 0 Å². The average Bonchev–Trinajstić information content (AvgIpc) is 3.06. The lowest BCUT2D eigenvalue weighted by molar-refractivity contribution is -0.116. The van der Waals surface area contributed by atoms with E-state index in [9.17, 15) is 9.59 Å². The molecule has 1 aliphatic heterocycles. The first kappa shape index (κ1) is 16.2. The van der Waals surface area contributed by atoms with Crippen molar-refractivity contribution in [2.45, 2.75) is 50.2 Å². The van der Waals surface area contributed by atoms with Gasteiger partial charge in [0, 0.05) is 30.8 Å². The number of carbonyl (C=O) groups excluding carboxylic acids is 2. The molecule has 6 heteroatoms. The Bertz CT molecular complexity index is 657. The summed E-state index contributed by atoms with van der Waals surface area (Å²) >= 11 is 1.58. The maximum Gasteiger partial charge on any atom is 0.341 e. The van der Waals surface area contributed by atoms with Gasteiger partial charge in [0.25, 0.3) is 0 Å². The number of hydrogen-bond acceptors (Lipinski definition) is 4. The number of hydrogen-bond donors (Lipinski definition) is 1. The lowest BCUT2D eigenvalue weighted by Crippen LogP contribution is -2.21. The number of nitrogens with zero attached hydrogens (tertiary/aromatic N) is 1. The smallest absolute Gasteiger partial charge is 0.341 e. The van der Waals surface area contributed by atoms with E-state index in [2.05, 4.69) is 5.32 Å². The molecular weight excluding hydrogens is 312 g/mol. The molecule has 0 unspecified atom stereocenters. The number of aryl methyl sites for hydroxylation is 1. The maximum atomic E-state index is 12.6. The Labute approximate surface area is 140 Å². The number of aromatic nitrogens is 1. The van der Waals surface area contributed by atoms with E-state index in [1.54, 1.807) is 24.9 Å². The van der Waals surface area contributed by atoms with Crippen molar-refractivity contribution in [3.8, 4) is 0 Å². The van der Waals surface area contributed by atoms with E-state index in [-0.39, 0.29) is 18.0 Å². The Balaban J connectivity index is 1.82. The molecule has 3 rings (SSSR count). The quantitative estimate of drug-likeness (QED) is 0.682. The fourth-order valence-corrected chi connectivity index (χ4v) is 4.35. The summed E-state index contributed by atoms with van der Waals surface area (Å²) in [6.07, 6.45) is 9.00. The third-order valence-corrected chi connectivity index (χ3v) is 5.50. The van der Waals surface area contributed by atoms with Crippen molar-refractivity contribution in [1.29, 1.82) is 0 Å². The number of fused-ring (bicyclic) bond motifs is 1. The van der Waals surface area contributed by atoms with Gasteiger partial charge in [-0.3, -0.25) is 4.79 Å². The molecule has 0 atom stereocenters. The Morgan fingerprint density at radius 1 is 1.35 bits per heavy atom. The molecule has 1 aromatic heterocycles. The molecule has 23 heavy (non-hydrogen) atoms. The van der Waals surface area contributed by atoms with Gasteiger partial charge in [-0.1, -0.05) is 6.42 Å². The third kappa shape index (κ3) is 3.32. The Hall–Kier alpha value is -1.69. The molecule has 1 N–H and O–H groups in total. The van der Waals surface area contributed by atoms with Crippen molar-refractivity contribution in [3.05, 3.63) is 23.4 Å². The van der Waals surface area contributed by atoms with E-state index in [0.29, 0.717) is 11.3 Å². The highest BCUT2D eigenvalue weighted by Gasteiger charge is 2.29. The van der Waals surface area contributed by atoms with Gasteiger partial charge in [0.2, 0.25) is 5.91 Å².